The zero-order valence-corrected chi connectivity index (χ0v) is 13.1. The van der Waals surface area contributed by atoms with E-state index in [1.165, 1.54) is 31.2 Å². The van der Waals surface area contributed by atoms with Gasteiger partial charge in [-0.05, 0) is 12.0 Å². The fraction of sp³-hybridized carbons (Fsp3) is 0.647. The highest BCUT2D eigenvalue weighted by Gasteiger charge is 2.13. The zero-order valence-electron chi connectivity index (χ0n) is 13.1. The molecule has 1 N–H and O–H groups in total. The van der Waals surface area contributed by atoms with Gasteiger partial charge in [0.05, 0.1) is 12.7 Å². The van der Waals surface area contributed by atoms with E-state index in [2.05, 4.69) is 42.6 Å². The van der Waals surface area contributed by atoms with Gasteiger partial charge in [0.1, 0.15) is 0 Å². The standard InChI is InChI=1S/C17H29NO2/c1-4-5-7-12-17(15-10-8-6-9-11-15)18-13-16(20-3)14-19-2/h6,8-11,16-18H,4-5,7,12-14H2,1-3H3. The van der Waals surface area contributed by atoms with Gasteiger partial charge in [-0.2, -0.15) is 0 Å². The van der Waals surface area contributed by atoms with Crippen molar-refractivity contribution in [3.8, 4) is 0 Å². The minimum absolute atomic E-state index is 0.109. The average molecular weight is 279 g/mol. The number of ether oxygens (including phenoxy) is 2. The second-order valence-corrected chi connectivity index (χ2v) is 5.18. The van der Waals surface area contributed by atoms with Crippen LogP contribution < -0.4 is 5.32 Å². The third-order valence-electron chi connectivity index (χ3n) is 3.58. The van der Waals surface area contributed by atoms with Crippen LogP contribution in [0.5, 0.6) is 0 Å². The Kier molecular flexibility index (Phi) is 9.29. The maximum Gasteiger partial charge on any atom is 0.0928 e. The summed E-state index contributed by atoms with van der Waals surface area (Å²) in [5.74, 6) is 0. The van der Waals surface area contributed by atoms with Gasteiger partial charge in [0.15, 0.2) is 0 Å². The van der Waals surface area contributed by atoms with Crippen molar-refractivity contribution in [3.05, 3.63) is 35.9 Å². The van der Waals surface area contributed by atoms with Crippen molar-refractivity contribution in [1.29, 1.82) is 0 Å². The van der Waals surface area contributed by atoms with Crippen molar-refractivity contribution in [2.75, 3.05) is 27.4 Å². The Hall–Kier alpha value is -0.900. The molecule has 0 saturated carbocycles. The lowest BCUT2D eigenvalue weighted by Crippen LogP contribution is -2.34. The highest BCUT2D eigenvalue weighted by atomic mass is 16.5. The molecule has 3 nitrogen and oxygen atoms in total. The maximum atomic E-state index is 5.42. The van der Waals surface area contributed by atoms with Crippen LogP contribution in [-0.4, -0.2) is 33.5 Å². The lowest BCUT2D eigenvalue weighted by Gasteiger charge is -2.22. The van der Waals surface area contributed by atoms with Crippen LogP contribution in [0.1, 0.15) is 44.2 Å². The van der Waals surface area contributed by atoms with Gasteiger partial charge in [-0.25, -0.2) is 0 Å². The van der Waals surface area contributed by atoms with Gasteiger partial charge in [-0.15, -0.1) is 0 Å². The van der Waals surface area contributed by atoms with Crippen molar-refractivity contribution in [3.63, 3.8) is 0 Å². The lowest BCUT2D eigenvalue weighted by atomic mass is 10.0. The molecule has 1 aromatic rings. The van der Waals surface area contributed by atoms with Gasteiger partial charge in [-0.3, -0.25) is 0 Å². The molecule has 0 radical (unpaired) electrons. The molecule has 1 aromatic carbocycles. The number of unbranched alkanes of at least 4 members (excludes halogenated alkanes) is 2. The van der Waals surface area contributed by atoms with E-state index in [1.54, 1.807) is 14.2 Å². The van der Waals surface area contributed by atoms with Crippen LogP contribution in [0, 0.1) is 0 Å². The van der Waals surface area contributed by atoms with Crippen molar-refractivity contribution < 1.29 is 9.47 Å². The smallest absolute Gasteiger partial charge is 0.0928 e. The number of methoxy groups -OCH3 is 2. The third kappa shape index (κ3) is 6.51. The van der Waals surface area contributed by atoms with E-state index in [-0.39, 0.29) is 6.10 Å². The quantitative estimate of drug-likeness (QED) is 0.628. The molecule has 1 rings (SSSR count). The van der Waals surface area contributed by atoms with Gasteiger partial charge in [0, 0.05) is 26.8 Å². The molecule has 0 amide bonds. The van der Waals surface area contributed by atoms with Crippen LogP contribution in [-0.2, 0) is 9.47 Å². The van der Waals surface area contributed by atoms with E-state index in [0.717, 1.165) is 6.54 Å². The minimum Gasteiger partial charge on any atom is -0.382 e. The van der Waals surface area contributed by atoms with E-state index < -0.39 is 0 Å². The largest absolute Gasteiger partial charge is 0.382 e. The Morgan fingerprint density at radius 1 is 1.10 bits per heavy atom. The number of hydrogen-bond donors (Lipinski definition) is 1. The molecule has 3 heteroatoms. The van der Waals surface area contributed by atoms with E-state index in [4.69, 9.17) is 9.47 Å². The maximum absolute atomic E-state index is 5.42. The first-order valence-electron chi connectivity index (χ1n) is 7.61. The molecule has 0 saturated heterocycles. The summed E-state index contributed by atoms with van der Waals surface area (Å²) in [5.41, 5.74) is 1.36. The fourth-order valence-electron chi connectivity index (χ4n) is 2.34. The predicted octanol–water partition coefficient (Wildman–Crippen LogP) is 3.56. The number of nitrogens with one attached hydrogen (secondary N) is 1. The van der Waals surface area contributed by atoms with Gasteiger partial charge < -0.3 is 14.8 Å². The summed E-state index contributed by atoms with van der Waals surface area (Å²) in [4.78, 5) is 0. The van der Waals surface area contributed by atoms with E-state index in [0.29, 0.717) is 12.6 Å². The SMILES string of the molecule is CCCCCC(NCC(COC)OC)c1ccccc1. The monoisotopic (exact) mass is 279 g/mol. The molecular weight excluding hydrogens is 250 g/mol. The second-order valence-electron chi connectivity index (χ2n) is 5.18. The first kappa shape index (κ1) is 17.2. The summed E-state index contributed by atoms with van der Waals surface area (Å²) in [6, 6.07) is 11.1. The molecule has 0 aromatic heterocycles. The Morgan fingerprint density at radius 2 is 1.85 bits per heavy atom. The van der Waals surface area contributed by atoms with Gasteiger partial charge in [0.25, 0.3) is 0 Å². The molecule has 0 aliphatic heterocycles. The minimum atomic E-state index is 0.109. The molecule has 20 heavy (non-hydrogen) atoms. The van der Waals surface area contributed by atoms with Crippen LogP contribution >= 0.6 is 0 Å². The van der Waals surface area contributed by atoms with Gasteiger partial charge in [-0.1, -0.05) is 56.5 Å². The summed E-state index contributed by atoms with van der Waals surface area (Å²) in [6.45, 7) is 3.68. The molecule has 0 aliphatic carbocycles. The summed E-state index contributed by atoms with van der Waals surface area (Å²) >= 11 is 0. The Morgan fingerprint density at radius 3 is 2.45 bits per heavy atom. The van der Waals surface area contributed by atoms with Crippen LogP contribution in [0.4, 0.5) is 0 Å². The Labute approximate surface area is 123 Å². The molecule has 2 atom stereocenters. The molecule has 0 heterocycles. The summed E-state index contributed by atoms with van der Waals surface area (Å²) < 4.78 is 10.6. The van der Waals surface area contributed by atoms with Crippen molar-refractivity contribution in [1.82, 2.24) is 5.32 Å². The first-order chi connectivity index (χ1) is 9.81. The lowest BCUT2D eigenvalue weighted by molar-refractivity contribution is 0.0271. The summed E-state index contributed by atoms with van der Waals surface area (Å²) in [6.07, 6.45) is 5.08. The molecule has 2 unspecified atom stereocenters. The second kappa shape index (κ2) is 10.8. The van der Waals surface area contributed by atoms with E-state index in [9.17, 15) is 0 Å². The van der Waals surface area contributed by atoms with E-state index >= 15 is 0 Å². The molecule has 0 bridgehead atoms. The van der Waals surface area contributed by atoms with Crippen LogP contribution in [0.15, 0.2) is 30.3 Å². The van der Waals surface area contributed by atoms with Crippen LogP contribution in [0.3, 0.4) is 0 Å². The Balaban J connectivity index is 2.53. The number of rotatable bonds is 11. The van der Waals surface area contributed by atoms with Crippen LogP contribution in [0.2, 0.25) is 0 Å². The zero-order chi connectivity index (χ0) is 14.6. The molecule has 114 valence electrons. The van der Waals surface area contributed by atoms with E-state index in [1.807, 2.05) is 0 Å². The average Bonchev–Trinajstić information content (AvgIpc) is 2.50. The predicted molar refractivity (Wildman–Crippen MR) is 84.0 cm³/mol. The molecule has 0 aliphatic rings. The van der Waals surface area contributed by atoms with Crippen molar-refractivity contribution in [2.45, 2.75) is 44.8 Å². The topological polar surface area (TPSA) is 30.5 Å². The van der Waals surface area contributed by atoms with Crippen molar-refractivity contribution in [2.24, 2.45) is 0 Å². The highest BCUT2D eigenvalue weighted by molar-refractivity contribution is 5.18. The first-order valence-corrected chi connectivity index (χ1v) is 7.61. The number of benzene rings is 1. The highest BCUT2D eigenvalue weighted by Crippen LogP contribution is 2.19. The van der Waals surface area contributed by atoms with Crippen LogP contribution in [0.25, 0.3) is 0 Å². The fourth-order valence-corrected chi connectivity index (χ4v) is 2.34. The molecule has 0 fully saturated rings. The molecular formula is C17H29NO2. The van der Waals surface area contributed by atoms with Crippen molar-refractivity contribution >= 4 is 0 Å². The third-order valence-corrected chi connectivity index (χ3v) is 3.58. The normalized spacial score (nSPS) is 14.2. The van der Waals surface area contributed by atoms with Gasteiger partial charge >= 0.3 is 0 Å². The Bertz CT molecular complexity index is 329. The number of hydrogen-bond acceptors (Lipinski definition) is 3. The summed E-state index contributed by atoms with van der Waals surface area (Å²) in [5, 5.41) is 3.63. The van der Waals surface area contributed by atoms with Gasteiger partial charge in [0.2, 0.25) is 0 Å². The molecule has 0 spiro atoms. The summed E-state index contributed by atoms with van der Waals surface area (Å²) in [7, 11) is 3.45.